The number of halogens is 1. The van der Waals surface area contributed by atoms with Gasteiger partial charge in [0.15, 0.2) is 0 Å². The first-order valence-electron chi connectivity index (χ1n) is 6.84. The summed E-state index contributed by atoms with van der Waals surface area (Å²) in [4.78, 5) is 11.1. The van der Waals surface area contributed by atoms with Crippen molar-refractivity contribution >= 4 is 11.7 Å². The van der Waals surface area contributed by atoms with Gasteiger partial charge in [0.2, 0.25) is 0 Å². The Morgan fingerprint density at radius 1 is 1.42 bits per heavy atom. The lowest BCUT2D eigenvalue weighted by molar-refractivity contribution is 0.0697. The van der Waals surface area contributed by atoms with Gasteiger partial charge in [-0.1, -0.05) is 26.2 Å². The van der Waals surface area contributed by atoms with Gasteiger partial charge in [-0.15, -0.1) is 0 Å². The van der Waals surface area contributed by atoms with Crippen molar-refractivity contribution in [3.05, 3.63) is 29.6 Å². The van der Waals surface area contributed by atoms with Gasteiger partial charge < -0.3 is 10.4 Å². The Balaban J connectivity index is 2.04. The fourth-order valence-corrected chi connectivity index (χ4v) is 2.78. The van der Waals surface area contributed by atoms with Crippen molar-refractivity contribution in [3.63, 3.8) is 0 Å². The Bertz CT molecular complexity index is 461. The Hall–Kier alpha value is -1.58. The van der Waals surface area contributed by atoms with E-state index in [9.17, 15) is 9.18 Å². The maximum Gasteiger partial charge on any atom is 0.337 e. The summed E-state index contributed by atoms with van der Waals surface area (Å²) in [7, 11) is 0. The molecular formula is C15H20FNO2. The Morgan fingerprint density at radius 2 is 2.16 bits per heavy atom. The first kappa shape index (κ1) is 13.8. The van der Waals surface area contributed by atoms with Crippen LogP contribution in [0.4, 0.5) is 10.1 Å². The molecule has 3 nitrogen and oxygen atoms in total. The maximum absolute atomic E-state index is 13.1. The molecule has 2 atom stereocenters. The molecule has 0 heterocycles. The molecule has 0 aromatic heterocycles. The lowest BCUT2D eigenvalue weighted by Crippen LogP contribution is -2.25. The van der Waals surface area contributed by atoms with Crippen LogP contribution in [0.15, 0.2) is 18.2 Å². The highest BCUT2D eigenvalue weighted by molar-refractivity contribution is 5.94. The predicted octanol–water partition coefficient (Wildman–Crippen LogP) is 3.76. The molecule has 1 fully saturated rings. The highest BCUT2D eigenvalue weighted by Crippen LogP contribution is 2.30. The first-order valence-corrected chi connectivity index (χ1v) is 6.84. The van der Waals surface area contributed by atoms with E-state index in [2.05, 4.69) is 12.2 Å². The van der Waals surface area contributed by atoms with Crippen LogP contribution >= 0.6 is 0 Å². The van der Waals surface area contributed by atoms with Crippen LogP contribution in [0.5, 0.6) is 0 Å². The number of hydrogen-bond acceptors (Lipinski definition) is 2. The number of aromatic carboxylic acids is 1. The SMILES string of the molecule is CC1CCCCC1CNc1ccc(F)cc1C(=O)O. The van der Waals surface area contributed by atoms with Crippen LogP contribution in [0.1, 0.15) is 43.0 Å². The summed E-state index contributed by atoms with van der Waals surface area (Å²) in [6, 6.07) is 3.86. The summed E-state index contributed by atoms with van der Waals surface area (Å²) in [6.45, 7) is 3.00. The lowest BCUT2D eigenvalue weighted by Gasteiger charge is -2.29. The van der Waals surface area contributed by atoms with E-state index in [-0.39, 0.29) is 5.56 Å². The molecule has 0 bridgehead atoms. The number of hydrogen-bond donors (Lipinski definition) is 2. The van der Waals surface area contributed by atoms with E-state index >= 15 is 0 Å². The van der Waals surface area contributed by atoms with Crippen LogP contribution < -0.4 is 5.32 Å². The van der Waals surface area contributed by atoms with Crippen molar-refractivity contribution in [2.75, 3.05) is 11.9 Å². The van der Waals surface area contributed by atoms with Crippen molar-refractivity contribution in [1.82, 2.24) is 0 Å². The van der Waals surface area contributed by atoms with Crippen molar-refractivity contribution < 1.29 is 14.3 Å². The predicted molar refractivity (Wildman–Crippen MR) is 73.0 cm³/mol. The molecule has 1 aliphatic rings. The van der Waals surface area contributed by atoms with Gasteiger partial charge in [-0.05, 0) is 36.5 Å². The Labute approximate surface area is 112 Å². The summed E-state index contributed by atoms with van der Waals surface area (Å²) in [5.41, 5.74) is 0.509. The Morgan fingerprint density at radius 3 is 2.84 bits per heavy atom. The minimum atomic E-state index is -1.10. The van der Waals surface area contributed by atoms with Crippen molar-refractivity contribution in [3.8, 4) is 0 Å². The number of rotatable bonds is 4. The number of nitrogens with one attached hydrogen (secondary N) is 1. The molecule has 19 heavy (non-hydrogen) atoms. The van der Waals surface area contributed by atoms with E-state index < -0.39 is 11.8 Å². The fourth-order valence-electron chi connectivity index (χ4n) is 2.78. The molecule has 1 saturated carbocycles. The van der Waals surface area contributed by atoms with E-state index in [1.165, 1.54) is 37.8 Å². The average molecular weight is 265 g/mol. The van der Waals surface area contributed by atoms with Crippen LogP contribution in [0.25, 0.3) is 0 Å². The zero-order valence-corrected chi connectivity index (χ0v) is 11.2. The standard InChI is InChI=1S/C15H20FNO2/c1-10-4-2-3-5-11(10)9-17-14-7-6-12(16)8-13(14)15(18)19/h6-8,10-11,17H,2-5,9H2,1H3,(H,18,19). The summed E-state index contributed by atoms with van der Waals surface area (Å²) in [5, 5.41) is 12.2. The second kappa shape index (κ2) is 6.04. The molecule has 104 valence electrons. The average Bonchev–Trinajstić information content (AvgIpc) is 2.38. The number of carboxylic acids is 1. The smallest absolute Gasteiger partial charge is 0.337 e. The number of carbonyl (C=O) groups is 1. The normalized spacial score (nSPS) is 23.1. The summed E-state index contributed by atoms with van der Waals surface area (Å²) >= 11 is 0. The van der Waals surface area contributed by atoms with Crippen LogP contribution in [0, 0.1) is 17.7 Å². The second-order valence-electron chi connectivity index (χ2n) is 5.40. The fraction of sp³-hybridized carbons (Fsp3) is 0.533. The minimum Gasteiger partial charge on any atom is -0.478 e. The molecule has 0 spiro atoms. The molecule has 2 unspecified atom stereocenters. The van der Waals surface area contributed by atoms with Gasteiger partial charge in [0.05, 0.1) is 5.56 Å². The van der Waals surface area contributed by atoms with Gasteiger partial charge >= 0.3 is 5.97 Å². The highest BCUT2D eigenvalue weighted by Gasteiger charge is 2.21. The second-order valence-corrected chi connectivity index (χ2v) is 5.40. The van der Waals surface area contributed by atoms with Gasteiger partial charge in [0.1, 0.15) is 5.82 Å². The summed E-state index contributed by atoms with van der Waals surface area (Å²) in [5.74, 6) is -0.386. The maximum atomic E-state index is 13.1. The van der Waals surface area contributed by atoms with E-state index in [1.807, 2.05) is 0 Å². The van der Waals surface area contributed by atoms with Crippen LogP contribution in [-0.4, -0.2) is 17.6 Å². The quantitative estimate of drug-likeness (QED) is 0.871. The van der Waals surface area contributed by atoms with E-state index in [0.29, 0.717) is 17.5 Å². The van der Waals surface area contributed by atoms with Gasteiger partial charge in [-0.25, -0.2) is 9.18 Å². The third-order valence-electron chi connectivity index (χ3n) is 4.06. The monoisotopic (exact) mass is 265 g/mol. The third-order valence-corrected chi connectivity index (χ3v) is 4.06. The van der Waals surface area contributed by atoms with Crippen molar-refractivity contribution in [2.24, 2.45) is 11.8 Å². The zero-order chi connectivity index (χ0) is 13.8. The molecule has 4 heteroatoms. The molecule has 1 aromatic rings. The lowest BCUT2D eigenvalue weighted by atomic mass is 9.80. The van der Waals surface area contributed by atoms with Gasteiger partial charge in [-0.2, -0.15) is 0 Å². The topological polar surface area (TPSA) is 49.3 Å². The molecule has 2 N–H and O–H groups in total. The molecule has 0 radical (unpaired) electrons. The van der Waals surface area contributed by atoms with Crippen molar-refractivity contribution in [1.29, 1.82) is 0 Å². The molecule has 1 aromatic carbocycles. The molecular weight excluding hydrogens is 245 g/mol. The third kappa shape index (κ3) is 3.46. The molecule has 1 aliphatic carbocycles. The van der Waals surface area contributed by atoms with E-state index in [4.69, 9.17) is 5.11 Å². The number of benzene rings is 1. The summed E-state index contributed by atoms with van der Waals surface area (Å²) in [6.07, 6.45) is 4.94. The summed E-state index contributed by atoms with van der Waals surface area (Å²) < 4.78 is 13.1. The number of anilines is 1. The molecule has 0 aliphatic heterocycles. The van der Waals surface area contributed by atoms with Crippen molar-refractivity contribution in [2.45, 2.75) is 32.6 Å². The van der Waals surface area contributed by atoms with Crippen LogP contribution in [0.2, 0.25) is 0 Å². The minimum absolute atomic E-state index is 0.00321. The molecule has 2 rings (SSSR count). The van der Waals surface area contributed by atoms with Gasteiger partial charge in [0, 0.05) is 12.2 Å². The van der Waals surface area contributed by atoms with E-state index in [0.717, 1.165) is 12.6 Å². The first-order chi connectivity index (χ1) is 9.08. The van der Waals surface area contributed by atoms with Crippen LogP contribution in [0.3, 0.4) is 0 Å². The van der Waals surface area contributed by atoms with Crippen LogP contribution in [-0.2, 0) is 0 Å². The molecule has 0 saturated heterocycles. The van der Waals surface area contributed by atoms with Gasteiger partial charge in [0.25, 0.3) is 0 Å². The van der Waals surface area contributed by atoms with Gasteiger partial charge in [-0.3, -0.25) is 0 Å². The Kier molecular flexibility index (Phi) is 4.40. The number of carboxylic acid groups (broad SMARTS) is 1. The largest absolute Gasteiger partial charge is 0.478 e. The molecule has 0 amide bonds. The zero-order valence-electron chi connectivity index (χ0n) is 11.2. The highest BCUT2D eigenvalue weighted by atomic mass is 19.1. The van der Waals surface area contributed by atoms with E-state index in [1.54, 1.807) is 0 Å².